The summed E-state index contributed by atoms with van der Waals surface area (Å²) < 4.78 is 5.83. The number of benzene rings is 1. The molecule has 1 aromatic carbocycles. The number of anilines is 1. The van der Waals surface area contributed by atoms with Crippen LogP contribution in [0.5, 0.6) is 0 Å². The number of carbonyl (C=O) groups is 2. The average molecular weight is 314 g/mol. The van der Waals surface area contributed by atoms with Crippen molar-refractivity contribution in [2.24, 2.45) is 0 Å². The number of hydrogen-bond donors (Lipinski definition) is 1. The largest absolute Gasteiger partial charge is 0.478 e. The summed E-state index contributed by atoms with van der Waals surface area (Å²) in [6.45, 7) is 2.56. The second-order valence-corrected chi connectivity index (χ2v) is 4.83. The fourth-order valence-electron chi connectivity index (χ4n) is 1.95. The Labute approximate surface area is 112 Å². The SMILES string of the molecule is Cc1c(Br)ccc(C(=O)O)c1N1CCOCC1=O. The van der Waals surface area contributed by atoms with E-state index < -0.39 is 5.97 Å². The third-order valence-corrected chi connectivity index (χ3v) is 3.71. The lowest BCUT2D eigenvalue weighted by molar-refractivity contribution is -0.125. The van der Waals surface area contributed by atoms with E-state index in [1.165, 1.54) is 11.0 Å². The number of amides is 1. The van der Waals surface area contributed by atoms with E-state index in [4.69, 9.17) is 4.74 Å². The first kappa shape index (κ1) is 13.0. The summed E-state index contributed by atoms with van der Waals surface area (Å²) >= 11 is 3.35. The van der Waals surface area contributed by atoms with E-state index in [0.29, 0.717) is 18.8 Å². The number of carboxylic acids is 1. The lowest BCUT2D eigenvalue weighted by atomic mass is 10.1. The fourth-order valence-corrected chi connectivity index (χ4v) is 2.27. The van der Waals surface area contributed by atoms with Crippen molar-refractivity contribution in [1.82, 2.24) is 0 Å². The Bertz CT molecular complexity index is 515. The highest BCUT2D eigenvalue weighted by molar-refractivity contribution is 9.10. The van der Waals surface area contributed by atoms with Gasteiger partial charge in [-0.2, -0.15) is 0 Å². The molecule has 1 aliphatic heterocycles. The molecule has 0 bridgehead atoms. The molecule has 5 nitrogen and oxygen atoms in total. The van der Waals surface area contributed by atoms with Crippen molar-refractivity contribution in [3.8, 4) is 0 Å². The number of hydrogen-bond acceptors (Lipinski definition) is 3. The van der Waals surface area contributed by atoms with Crippen molar-refractivity contribution in [3.05, 3.63) is 27.7 Å². The normalized spacial score (nSPS) is 15.9. The van der Waals surface area contributed by atoms with Crippen LogP contribution >= 0.6 is 15.9 Å². The Kier molecular flexibility index (Phi) is 3.68. The van der Waals surface area contributed by atoms with Gasteiger partial charge in [-0.1, -0.05) is 15.9 Å². The second kappa shape index (κ2) is 5.07. The van der Waals surface area contributed by atoms with Gasteiger partial charge in [-0.3, -0.25) is 4.79 Å². The Morgan fingerprint density at radius 1 is 1.50 bits per heavy atom. The van der Waals surface area contributed by atoms with E-state index >= 15 is 0 Å². The van der Waals surface area contributed by atoms with Gasteiger partial charge in [-0.15, -0.1) is 0 Å². The van der Waals surface area contributed by atoms with Crippen molar-refractivity contribution in [1.29, 1.82) is 0 Å². The van der Waals surface area contributed by atoms with Crippen LogP contribution < -0.4 is 4.90 Å². The molecule has 1 saturated heterocycles. The number of halogens is 1. The van der Waals surface area contributed by atoms with Crippen LogP contribution in [-0.4, -0.2) is 36.7 Å². The van der Waals surface area contributed by atoms with E-state index in [1.54, 1.807) is 13.0 Å². The lowest BCUT2D eigenvalue weighted by Gasteiger charge is -2.29. The molecule has 96 valence electrons. The van der Waals surface area contributed by atoms with Crippen molar-refractivity contribution >= 4 is 33.5 Å². The van der Waals surface area contributed by atoms with Gasteiger partial charge in [0.2, 0.25) is 0 Å². The maximum atomic E-state index is 11.8. The van der Waals surface area contributed by atoms with E-state index in [-0.39, 0.29) is 18.1 Å². The molecule has 6 heteroatoms. The summed E-state index contributed by atoms with van der Waals surface area (Å²) in [6.07, 6.45) is 0. The molecule has 0 saturated carbocycles. The molecule has 1 N–H and O–H groups in total. The molecule has 0 atom stereocenters. The van der Waals surface area contributed by atoms with Gasteiger partial charge < -0.3 is 14.7 Å². The zero-order valence-electron chi connectivity index (χ0n) is 9.77. The van der Waals surface area contributed by atoms with Gasteiger partial charge in [0.25, 0.3) is 5.91 Å². The van der Waals surface area contributed by atoms with Gasteiger partial charge in [0, 0.05) is 11.0 Å². The van der Waals surface area contributed by atoms with Gasteiger partial charge in [-0.25, -0.2) is 4.79 Å². The molecule has 1 amide bonds. The molecule has 0 aliphatic carbocycles. The van der Waals surface area contributed by atoms with Gasteiger partial charge >= 0.3 is 5.97 Å². The first-order chi connectivity index (χ1) is 8.52. The van der Waals surface area contributed by atoms with Crippen molar-refractivity contribution in [2.45, 2.75) is 6.92 Å². The fraction of sp³-hybridized carbons (Fsp3) is 0.333. The average Bonchev–Trinajstić information content (AvgIpc) is 2.33. The molecule has 0 radical (unpaired) electrons. The predicted molar refractivity (Wildman–Crippen MR) is 69.0 cm³/mol. The Hall–Kier alpha value is -1.40. The summed E-state index contributed by atoms with van der Waals surface area (Å²) in [5.74, 6) is -1.26. The van der Waals surface area contributed by atoms with Crippen molar-refractivity contribution < 1.29 is 19.4 Å². The molecule has 1 aromatic rings. The second-order valence-electron chi connectivity index (χ2n) is 3.97. The Morgan fingerprint density at radius 2 is 2.22 bits per heavy atom. The standard InChI is InChI=1S/C12H12BrNO4/c1-7-9(13)3-2-8(12(16)17)11(7)14-4-5-18-6-10(14)15/h2-3H,4-6H2,1H3,(H,16,17). The van der Waals surface area contributed by atoms with E-state index in [9.17, 15) is 14.7 Å². The molecule has 2 rings (SSSR count). The molecule has 1 heterocycles. The Morgan fingerprint density at radius 3 is 2.83 bits per heavy atom. The van der Waals surface area contributed by atoms with Crippen LogP contribution in [0.3, 0.4) is 0 Å². The molecule has 1 aliphatic rings. The number of carboxylic acid groups (broad SMARTS) is 1. The number of rotatable bonds is 2. The van der Waals surface area contributed by atoms with Gasteiger partial charge in [0.15, 0.2) is 0 Å². The maximum absolute atomic E-state index is 11.8. The predicted octanol–water partition coefficient (Wildman–Crippen LogP) is 1.82. The molecule has 1 fully saturated rings. The van der Waals surface area contributed by atoms with Crippen molar-refractivity contribution in [2.75, 3.05) is 24.7 Å². The molecule has 0 aromatic heterocycles. The summed E-state index contributed by atoms with van der Waals surface area (Å²) in [5.41, 5.74) is 1.32. The van der Waals surface area contributed by atoms with Crippen LogP contribution in [0.1, 0.15) is 15.9 Å². The third-order valence-electron chi connectivity index (χ3n) is 2.85. The highest BCUT2D eigenvalue weighted by atomic mass is 79.9. The first-order valence-electron chi connectivity index (χ1n) is 5.43. The summed E-state index contributed by atoms with van der Waals surface area (Å²) in [7, 11) is 0. The minimum atomic E-state index is -1.04. The van der Waals surface area contributed by atoms with Crippen LogP contribution in [0, 0.1) is 6.92 Å². The monoisotopic (exact) mass is 313 g/mol. The number of morpholine rings is 1. The zero-order chi connectivity index (χ0) is 13.3. The van der Waals surface area contributed by atoms with Gasteiger partial charge in [0.1, 0.15) is 6.61 Å². The number of aromatic carboxylic acids is 1. The summed E-state index contributed by atoms with van der Waals surface area (Å²) in [5, 5.41) is 9.21. The highest BCUT2D eigenvalue weighted by Gasteiger charge is 2.26. The molecule has 0 unspecified atom stereocenters. The van der Waals surface area contributed by atoms with E-state index in [1.807, 2.05) is 0 Å². The molecular weight excluding hydrogens is 302 g/mol. The van der Waals surface area contributed by atoms with Gasteiger partial charge in [-0.05, 0) is 24.6 Å². The highest BCUT2D eigenvalue weighted by Crippen LogP contribution is 2.32. The third kappa shape index (κ3) is 2.26. The van der Waals surface area contributed by atoms with Gasteiger partial charge in [0.05, 0.1) is 17.9 Å². The first-order valence-corrected chi connectivity index (χ1v) is 6.22. The summed E-state index contributed by atoms with van der Waals surface area (Å²) in [4.78, 5) is 24.6. The number of nitrogens with zero attached hydrogens (tertiary/aromatic N) is 1. The molecular formula is C12H12BrNO4. The Balaban J connectivity index is 2.56. The van der Waals surface area contributed by atoms with Crippen molar-refractivity contribution in [3.63, 3.8) is 0 Å². The molecule has 0 spiro atoms. The minimum Gasteiger partial charge on any atom is -0.478 e. The summed E-state index contributed by atoms with van der Waals surface area (Å²) in [6, 6.07) is 3.17. The van der Waals surface area contributed by atoms with Crippen LogP contribution in [0.2, 0.25) is 0 Å². The van der Waals surface area contributed by atoms with Crippen LogP contribution in [0.15, 0.2) is 16.6 Å². The van der Waals surface area contributed by atoms with Crippen LogP contribution in [0.25, 0.3) is 0 Å². The quantitative estimate of drug-likeness (QED) is 0.904. The smallest absolute Gasteiger partial charge is 0.337 e. The van der Waals surface area contributed by atoms with Crippen LogP contribution in [0.4, 0.5) is 5.69 Å². The van der Waals surface area contributed by atoms with E-state index in [0.717, 1.165) is 10.0 Å². The topological polar surface area (TPSA) is 66.8 Å². The number of ether oxygens (including phenoxy) is 1. The molecule has 18 heavy (non-hydrogen) atoms. The lowest BCUT2D eigenvalue weighted by Crippen LogP contribution is -2.42. The maximum Gasteiger partial charge on any atom is 0.337 e. The number of carbonyl (C=O) groups excluding carboxylic acids is 1. The van der Waals surface area contributed by atoms with Crippen LogP contribution in [-0.2, 0) is 9.53 Å². The zero-order valence-corrected chi connectivity index (χ0v) is 11.4. The van der Waals surface area contributed by atoms with E-state index in [2.05, 4.69) is 15.9 Å². The minimum absolute atomic E-state index is 0.00892.